The average molecular weight is 249 g/mol. The molecule has 0 amide bonds. The Bertz CT molecular complexity index is 350. The fourth-order valence-corrected chi connectivity index (χ4v) is 2.31. The number of nitrogens with one attached hydrogen (secondary N) is 1. The first-order valence-electron chi connectivity index (χ1n) is 7.23. The topological polar surface area (TPSA) is 37.8 Å². The number of aryl methyl sites for hydroxylation is 2. The smallest absolute Gasteiger partial charge is 0.0648 e. The van der Waals surface area contributed by atoms with Gasteiger partial charge in [-0.3, -0.25) is 0 Å². The van der Waals surface area contributed by atoms with Crippen LogP contribution in [0.4, 0.5) is 0 Å². The summed E-state index contributed by atoms with van der Waals surface area (Å²) < 4.78 is 0. The van der Waals surface area contributed by atoms with Gasteiger partial charge < -0.3 is 5.32 Å². The molecule has 1 atom stereocenters. The van der Waals surface area contributed by atoms with Crippen LogP contribution in [-0.4, -0.2) is 16.7 Å². The molecular formula is C15H27N3. The van der Waals surface area contributed by atoms with E-state index in [1.807, 2.05) is 6.92 Å². The molecule has 1 rings (SSSR count). The second-order valence-electron chi connectivity index (χ2n) is 4.99. The summed E-state index contributed by atoms with van der Waals surface area (Å²) in [6.07, 6.45) is 6.44. The minimum atomic E-state index is 0.432. The Kier molecular flexibility index (Phi) is 6.88. The average Bonchev–Trinajstić information content (AvgIpc) is 2.36. The lowest BCUT2D eigenvalue weighted by Crippen LogP contribution is -2.22. The van der Waals surface area contributed by atoms with E-state index in [-0.39, 0.29) is 0 Å². The Morgan fingerprint density at radius 2 is 1.89 bits per heavy atom. The van der Waals surface area contributed by atoms with E-state index in [9.17, 15) is 0 Å². The molecule has 0 aliphatic rings. The molecule has 0 radical (unpaired) electrons. The first-order valence-corrected chi connectivity index (χ1v) is 7.23. The van der Waals surface area contributed by atoms with Gasteiger partial charge in [0, 0.05) is 6.04 Å². The quantitative estimate of drug-likeness (QED) is 0.714. The van der Waals surface area contributed by atoms with Gasteiger partial charge in [-0.05, 0) is 38.4 Å². The van der Waals surface area contributed by atoms with E-state index in [0.717, 1.165) is 17.9 Å². The fraction of sp³-hybridized carbons (Fsp3) is 0.733. The lowest BCUT2D eigenvalue weighted by molar-refractivity contribution is 0.477. The van der Waals surface area contributed by atoms with Crippen molar-refractivity contribution in [2.24, 2.45) is 0 Å². The van der Waals surface area contributed by atoms with Crippen molar-refractivity contribution in [3.8, 4) is 0 Å². The minimum absolute atomic E-state index is 0.432. The number of nitrogens with zero attached hydrogens (tertiary/aromatic N) is 2. The summed E-state index contributed by atoms with van der Waals surface area (Å²) in [7, 11) is 0. The molecule has 0 saturated heterocycles. The van der Waals surface area contributed by atoms with Crippen LogP contribution in [0.2, 0.25) is 0 Å². The van der Waals surface area contributed by atoms with Crippen LogP contribution in [-0.2, 0) is 0 Å². The third kappa shape index (κ3) is 4.73. The maximum Gasteiger partial charge on any atom is 0.0648 e. The largest absolute Gasteiger partial charge is 0.310 e. The van der Waals surface area contributed by atoms with Gasteiger partial charge in [0.2, 0.25) is 0 Å². The molecule has 0 spiro atoms. The molecule has 0 aliphatic carbocycles. The van der Waals surface area contributed by atoms with Crippen LogP contribution in [0, 0.1) is 13.8 Å². The van der Waals surface area contributed by atoms with E-state index in [4.69, 9.17) is 0 Å². The molecule has 102 valence electrons. The first kappa shape index (κ1) is 15.1. The normalized spacial score (nSPS) is 12.7. The zero-order chi connectivity index (χ0) is 13.4. The highest BCUT2D eigenvalue weighted by molar-refractivity contribution is 5.23. The van der Waals surface area contributed by atoms with Crippen LogP contribution < -0.4 is 5.32 Å². The van der Waals surface area contributed by atoms with Gasteiger partial charge in [0.15, 0.2) is 0 Å². The van der Waals surface area contributed by atoms with Gasteiger partial charge in [0.1, 0.15) is 0 Å². The molecule has 1 aromatic heterocycles. The number of hydrogen-bond acceptors (Lipinski definition) is 3. The zero-order valence-electron chi connectivity index (χ0n) is 12.3. The van der Waals surface area contributed by atoms with E-state index in [2.05, 4.69) is 42.4 Å². The number of unbranched alkanes of at least 4 members (excludes halogenated alkanes) is 3. The molecule has 1 heterocycles. The van der Waals surface area contributed by atoms with E-state index in [0.29, 0.717) is 6.04 Å². The third-order valence-electron chi connectivity index (χ3n) is 3.31. The summed E-state index contributed by atoms with van der Waals surface area (Å²) in [4.78, 5) is 0. The molecule has 0 aliphatic heterocycles. The van der Waals surface area contributed by atoms with Gasteiger partial charge in [-0.1, -0.05) is 39.5 Å². The fourth-order valence-electron chi connectivity index (χ4n) is 2.31. The predicted octanol–water partition coefficient (Wildman–Crippen LogP) is 3.71. The molecule has 0 saturated carbocycles. The van der Waals surface area contributed by atoms with Gasteiger partial charge >= 0.3 is 0 Å². The van der Waals surface area contributed by atoms with Crippen LogP contribution in [0.1, 0.15) is 68.9 Å². The van der Waals surface area contributed by atoms with Crippen molar-refractivity contribution in [2.75, 3.05) is 6.54 Å². The van der Waals surface area contributed by atoms with Gasteiger partial charge in [-0.15, -0.1) is 0 Å². The number of aromatic nitrogens is 2. The summed E-state index contributed by atoms with van der Waals surface area (Å²) in [5, 5.41) is 11.9. The molecule has 0 bridgehead atoms. The first-order chi connectivity index (χ1) is 8.69. The van der Waals surface area contributed by atoms with E-state index in [1.54, 1.807) is 0 Å². The van der Waals surface area contributed by atoms with Crippen molar-refractivity contribution in [3.05, 3.63) is 23.0 Å². The molecule has 18 heavy (non-hydrogen) atoms. The highest BCUT2D eigenvalue weighted by Gasteiger charge is 2.13. The minimum Gasteiger partial charge on any atom is -0.310 e. The monoisotopic (exact) mass is 249 g/mol. The second kappa shape index (κ2) is 8.20. The summed E-state index contributed by atoms with van der Waals surface area (Å²) >= 11 is 0. The van der Waals surface area contributed by atoms with E-state index in [1.165, 1.54) is 37.7 Å². The van der Waals surface area contributed by atoms with Gasteiger partial charge in [0.25, 0.3) is 0 Å². The Morgan fingerprint density at radius 3 is 2.56 bits per heavy atom. The number of rotatable bonds is 8. The molecular weight excluding hydrogens is 222 g/mol. The van der Waals surface area contributed by atoms with Crippen LogP contribution in [0.15, 0.2) is 6.07 Å². The molecule has 3 nitrogen and oxygen atoms in total. The summed E-state index contributed by atoms with van der Waals surface area (Å²) in [6.45, 7) is 9.48. The van der Waals surface area contributed by atoms with E-state index < -0.39 is 0 Å². The third-order valence-corrected chi connectivity index (χ3v) is 3.31. The molecule has 1 aromatic rings. The summed E-state index contributed by atoms with van der Waals surface area (Å²) in [5.41, 5.74) is 3.38. The van der Waals surface area contributed by atoms with Crippen LogP contribution in [0.5, 0.6) is 0 Å². The van der Waals surface area contributed by atoms with Gasteiger partial charge in [-0.2, -0.15) is 10.2 Å². The number of hydrogen-bond donors (Lipinski definition) is 1. The molecule has 0 aromatic carbocycles. The van der Waals surface area contributed by atoms with Crippen LogP contribution in [0.3, 0.4) is 0 Å². The van der Waals surface area contributed by atoms with Crippen LogP contribution >= 0.6 is 0 Å². The zero-order valence-corrected chi connectivity index (χ0v) is 12.3. The van der Waals surface area contributed by atoms with Crippen molar-refractivity contribution in [1.29, 1.82) is 0 Å². The standard InChI is InChI=1S/C15H27N3/c1-5-7-8-9-10-15(16-6-2)14-11-12(3)17-18-13(14)4/h11,15-16H,5-10H2,1-4H3. The molecule has 1 N–H and O–H groups in total. The summed E-state index contributed by atoms with van der Waals surface area (Å²) in [6, 6.07) is 2.61. The Hall–Kier alpha value is -0.960. The predicted molar refractivity (Wildman–Crippen MR) is 76.7 cm³/mol. The molecule has 1 unspecified atom stereocenters. The lowest BCUT2D eigenvalue weighted by Gasteiger charge is -2.20. The highest BCUT2D eigenvalue weighted by Crippen LogP contribution is 2.22. The maximum absolute atomic E-state index is 4.24. The molecule has 0 fully saturated rings. The maximum atomic E-state index is 4.24. The lowest BCUT2D eigenvalue weighted by atomic mass is 9.99. The van der Waals surface area contributed by atoms with Crippen LogP contribution in [0.25, 0.3) is 0 Å². The Balaban J connectivity index is 2.67. The molecule has 3 heteroatoms. The van der Waals surface area contributed by atoms with Crippen molar-refractivity contribution < 1.29 is 0 Å². The Morgan fingerprint density at radius 1 is 1.11 bits per heavy atom. The van der Waals surface area contributed by atoms with Crippen molar-refractivity contribution in [2.45, 2.75) is 65.8 Å². The van der Waals surface area contributed by atoms with Crippen molar-refractivity contribution in [1.82, 2.24) is 15.5 Å². The van der Waals surface area contributed by atoms with E-state index >= 15 is 0 Å². The highest BCUT2D eigenvalue weighted by atomic mass is 15.1. The Labute approximate surface area is 111 Å². The van der Waals surface area contributed by atoms with Crippen molar-refractivity contribution >= 4 is 0 Å². The van der Waals surface area contributed by atoms with Gasteiger partial charge in [0.05, 0.1) is 11.4 Å². The van der Waals surface area contributed by atoms with Crippen molar-refractivity contribution in [3.63, 3.8) is 0 Å². The summed E-state index contributed by atoms with van der Waals surface area (Å²) in [5.74, 6) is 0. The second-order valence-corrected chi connectivity index (χ2v) is 4.99. The van der Waals surface area contributed by atoms with Gasteiger partial charge in [-0.25, -0.2) is 0 Å². The SMILES string of the molecule is CCCCCCC(NCC)c1cc(C)nnc1C.